The highest BCUT2D eigenvalue weighted by Crippen LogP contribution is 2.27. The van der Waals surface area contributed by atoms with E-state index in [1.54, 1.807) is 6.20 Å². The van der Waals surface area contributed by atoms with E-state index in [1.165, 1.54) is 11.1 Å². The molecule has 2 N–H and O–H groups in total. The number of nitrogens with one attached hydrogen (secondary N) is 2. The van der Waals surface area contributed by atoms with Crippen LogP contribution in [0.15, 0.2) is 91.4 Å². The first-order valence-corrected chi connectivity index (χ1v) is 14.0. The van der Waals surface area contributed by atoms with Crippen LogP contribution in [0.2, 0.25) is 0 Å². The van der Waals surface area contributed by atoms with E-state index in [9.17, 15) is 4.79 Å². The van der Waals surface area contributed by atoms with Crippen molar-refractivity contribution in [2.75, 3.05) is 36.9 Å². The van der Waals surface area contributed by atoms with Gasteiger partial charge in [-0.25, -0.2) is 9.97 Å². The number of amides is 1. The number of nitrogens with zero attached hydrogens (tertiary/aromatic N) is 4. The van der Waals surface area contributed by atoms with Crippen molar-refractivity contribution in [1.29, 1.82) is 0 Å². The molecule has 0 radical (unpaired) electrons. The van der Waals surface area contributed by atoms with Gasteiger partial charge >= 0.3 is 0 Å². The summed E-state index contributed by atoms with van der Waals surface area (Å²) in [5, 5.41) is 6.48. The molecule has 5 aromatic rings. The minimum Gasteiger partial charge on any atom is -0.379 e. The summed E-state index contributed by atoms with van der Waals surface area (Å²) in [5.41, 5.74) is 7.13. The van der Waals surface area contributed by atoms with Crippen LogP contribution in [0, 0.1) is 0 Å². The van der Waals surface area contributed by atoms with Crippen molar-refractivity contribution in [2.45, 2.75) is 26.3 Å². The van der Waals surface area contributed by atoms with Gasteiger partial charge in [-0.2, -0.15) is 0 Å². The second kappa shape index (κ2) is 11.9. The fraction of sp³-hybridized carbons (Fsp3) is 0.242. The van der Waals surface area contributed by atoms with Gasteiger partial charge in [0.15, 0.2) is 11.5 Å². The van der Waals surface area contributed by atoms with Gasteiger partial charge in [0.05, 0.1) is 18.9 Å². The molecule has 3 heterocycles. The van der Waals surface area contributed by atoms with Crippen LogP contribution in [-0.4, -0.2) is 51.5 Å². The van der Waals surface area contributed by atoms with Crippen LogP contribution in [0.25, 0.3) is 16.9 Å². The van der Waals surface area contributed by atoms with Gasteiger partial charge in [0, 0.05) is 60.7 Å². The van der Waals surface area contributed by atoms with Crippen LogP contribution < -0.4 is 10.6 Å². The Bertz CT molecular complexity index is 1640. The number of anilines is 3. The van der Waals surface area contributed by atoms with Gasteiger partial charge in [0.1, 0.15) is 0 Å². The standard InChI is InChI=1S/C33H34N6O2/c1-23(2)25-8-10-26(11-9-25)33(40)36-29-5-3-4-27(20-29)30-22-39-15-14-34-32(39)31(37-30)35-28-12-6-24(7-13-28)21-38-16-18-41-19-17-38/h3-15,20,22-23H,16-19,21H2,1-2H3,(H,35,37)(H,36,40). The molecular formula is C33H34N6O2. The zero-order valence-corrected chi connectivity index (χ0v) is 23.4. The van der Waals surface area contributed by atoms with E-state index in [0.29, 0.717) is 23.0 Å². The number of aromatic nitrogens is 3. The molecule has 0 aliphatic carbocycles. The molecule has 1 fully saturated rings. The van der Waals surface area contributed by atoms with Crippen LogP contribution in [-0.2, 0) is 11.3 Å². The number of morpholine rings is 1. The summed E-state index contributed by atoms with van der Waals surface area (Å²) in [7, 11) is 0. The summed E-state index contributed by atoms with van der Waals surface area (Å²) in [6, 6.07) is 23.9. The summed E-state index contributed by atoms with van der Waals surface area (Å²) in [6.07, 6.45) is 5.62. The molecule has 0 unspecified atom stereocenters. The van der Waals surface area contributed by atoms with Crippen molar-refractivity contribution in [1.82, 2.24) is 19.3 Å². The third kappa shape index (κ3) is 6.29. The van der Waals surface area contributed by atoms with E-state index in [-0.39, 0.29) is 5.91 Å². The molecule has 6 rings (SSSR count). The number of hydrogen-bond donors (Lipinski definition) is 2. The maximum atomic E-state index is 12.9. The third-order valence-corrected chi connectivity index (χ3v) is 7.36. The Labute approximate surface area is 240 Å². The number of imidazole rings is 1. The minimum absolute atomic E-state index is 0.144. The molecule has 1 saturated heterocycles. The lowest BCUT2D eigenvalue weighted by Gasteiger charge is -2.26. The topological polar surface area (TPSA) is 83.8 Å². The summed E-state index contributed by atoms with van der Waals surface area (Å²) >= 11 is 0. The maximum absolute atomic E-state index is 12.9. The lowest BCUT2D eigenvalue weighted by atomic mass is 10.0. The Kier molecular flexibility index (Phi) is 7.75. The molecule has 41 heavy (non-hydrogen) atoms. The first-order chi connectivity index (χ1) is 20.0. The van der Waals surface area contributed by atoms with E-state index in [1.807, 2.05) is 65.3 Å². The van der Waals surface area contributed by atoms with E-state index in [4.69, 9.17) is 9.72 Å². The summed E-state index contributed by atoms with van der Waals surface area (Å²) in [5.74, 6) is 0.936. The number of hydrogen-bond acceptors (Lipinski definition) is 6. The highest BCUT2D eigenvalue weighted by molar-refractivity contribution is 6.04. The smallest absolute Gasteiger partial charge is 0.255 e. The van der Waals surface area contributed by atoms with Crippen molar-refractivity contribution in [3.05, 3.63) is 108 Å². The second-order valence-corrected chi connectivity index (χ2v) is 10.7. The van der Waals surface area contributed by atoms with E-state index >= 15 is 0 Å². The van der Waals surface area contributed by atoms with Gasteiger partial charge in [-0.15, -0.1) is 0 Å². The number of benzene rings is 3. The summed E-state index contributed by atoms with van der Waals surface area (Å²) in [6.45, 7) is 8.71. The number of rotatable bonds is 8. The molecular weight excluding hydrogens is 512 g/mol. The van der Waals surface area contributed by atoms with Crippen LogP contribution in [0.1, 0.15) is 41.3 Å². The third-order valence-electron chi connectivity index (χ3n) is 7.36. The van der Waals surface area contributed by atoms with Crippen molar-refractivity contribution in [3.63, 3.8) is 0 Å². The van der Waals surface area contributed by atoms with Crippen LogP contribution in [0.3, 0.4) is 0 Å². The first-order valence-electron chi connectivity index (χ1n) is 14.0. The Hall–Kier alpha value is -4.53. The number of carbonyl (C=O) groups is 1. The Morgan fingerprint density at radius 1 is 0.976 bits per heavy atom. The summed E-state index contributed by atoms with van der Waals surface area (Å²) in [4.78, 5) is 24.8. The van der Waals surface area contributed by atoms with Gasteiger partial charge in [-0.1, -0.05) is 50.2 Å². The van der Waals surface area contributed by atoms with Gasteiger partial charge in [-0.3, -0.25) is 9.69 Å². The zero-order valence-electron chi connectivity index (χ0n) is 23.4. The van der Waals surface area contributed by atoms with Crippen LogP contribution in [0.4, 0.5) is 17.2 Å². The number of carbonyl (C=O) groups excluding carboxylic acids is 1. The maximum Gasteiger partial charge on any atom is 0.255 e. The Balaban J connectivity index is 1.20. The predicted molar refractivity (Wildman–Crippen MR) is 163 cm³/mol. The molecule has 8 heteroatoms. The van der Waals surface area contributed by atoms with Gasteiger partial charge in [-0.05, 0) is 53.4 Å². The fourth-order valence-electron chi connectivity index (χ4n) is 4.98. The van der Waals surface area contributed by atoms with Crippen LogP contribution in [0.5, 0.6) is 0 Å². The molecule has 1 aliphatic heterocycles. The quantitative estimate of drug-likeness (QED) is 0.236. The second-order valence-electron chi connectivity index (χ2n) is 10.7. The van der Waals surface area contributed by atoms with Crippen molar-refractivity contribution < 1.29 is 9.53 Å². The van der Waals surface area contributed by atoms with Crippen LogP contribution >= 0.6 is 0 Å². The highest BCUT2D eigenvalue weighted by atomic mass is 16.5. The Morgan fingerprint density at radius 3 is 2.51 bits per heavy atom. The van der Waals surface area contributed by atoms with Crippen molar-refractivity contribution >= 4 is 28.7 Å². The molecule has 2 aromatic heterocycles. The molecule has 1 amide bonds. The molecule has 3 aromatic carbocycles. The molecule has 8 nitrogen and oxygen atoms in total. The lowest BCUT2D eigenvalue weighted by molar-refractivity contribution is 0.0342. The highest BCUT2D eigenvalue weighted by Gasteiger charge is 2.13. The molecule has 0 spiro atoms. The van der Waals surface area contributed by atoms with Gasteiger partial charge in [0.2, 0.25) is 0 Å². The Morgan fingerprint density at radius 2 is 1.76 bits per heavy atom. The van der Waals surface area contributed by atoms with Gasteiger partial charge in [0.25, 0.3) is 5.91 Å². The van der Waals surface area contributed by atoms with E-state index < -0.39 is 0 Å². The SMILES string of the molecule is CC(C)c1ccc(C(=O)Nc2cccc(-c3cn4ccnc4c(Nc4ccc(CN5CCOCC5)cc4)n3)c2)cc1. The summed E-state index contributed by atoms with van der Waals surface area (Å²) < 4.78 is 7.42. The monoisotopic (exact) mass is 546 g/mol. The van der Waals surface area contributed by atoms with E-state index in [0.717, 1.165) is 55.4 Å². The van der Waals surface area contributed by atoms with E-state index in [2.05, 4.69) is 58.6 Å². The molecule has 1 aliphatic rings. The fourth-order valence-corrected chi connectivity index (χ4v) is 4.98. The number of ether oxygens (including phenoxy) is 1. The molecule has 0 saturated carbocycles. The molecule has 208 valence electrons. The zero-order chi connectivity index (χ0) is 28.2. The minimum atomic E-state index is -0.144. The average Bonchev–Trinajstić information content (AvgIpc) is 3.48. The molecule has 0 bridgehead atoms. The number of fused-ring (bicyclic) bond motifs is 1. The normalized spacial score (nSPS) is 13.9. The lowest BCUT2D eigenvalue weighted by Crippen LogP contribution is -2.35. The molecule has 0 atom stereocenters. The predicted octanol–water partition coefficient (Wildman–Crippen LogP) is 6.35. The van der Waals surface area contributed by atoms with Gasteiger partial charge < -0.3 is 19.8 Å². The average molecular weight is 547 g/mol. The van der Waals surface area contributed by atoms with Crippen molar-refractivity contribution in [2.24, 2.45) is 0 Å². The largest absolute Gasteiger partial charge is 0.379 e. The first kappa shape index (κ1) is 26.7. The van der Waals surface area contributed by atoms with Crippen molar-refractivity contribution in [3.8, 4) is 11.3 Å².